The maximum Gasteiger partial charge on any atom is 0.0599 e. The van der Waals surface area contributed by atoms with E-state index in [1.54, 1.807) is 0 Å². The molecular formula is C17H22N2. The van der Waals surface area contributed by atoms with Crippen molar-refractivity contribution in [2.45, 2.75) is 33.7 Å². The molecule has 1 aromatic carbocycles. The highest BCUT2D eigenvalue weighted by atomic mass is 14.9. The van der Waals surface area contributed by atoms with Crippen LogP contribution in [0, 0.1) is 20.8 Å². The maximum atomic E-state index is 4.29. The number of nitrogens with one attached hydrogen (secondary N) is 1. The van der Waals surface area contributed by atoms with E-state index in [0.29, 0.717) is 0 Å². The van der Waals surface area contributed by atoms with E-state index in [9.17, 15) is 0 Å². The summed E-state index contributed by atoms with van der Waals surface area (Å²) in [5, 5.41) is 3.60. The number of benzene rings is 1. The van der Waals surface area contributed by atoms with Crippen LogP contribution in [0.15, 0.2) is 36.7 Å². The first-order valence-corrected chi connectivity index (χ1v) is 6.85. The number of rotatable bonds is 4. The molecule has 1 N–H and O–H groups in total. The fourth-order valence-electron chi connectivity index (χ4n) is 2.63. The summed E-state index contributed by atoms with van der Waals surface area (Å²) in [5.41, 5.74) is 6.58. The molecule has 100 valence electrons. The van der Waals surface area contributed by atoms with Gasteiger partial charge in [0.05, 0.1) is 6.04 Å². The van der Waals surface area contributed by atoms with Crippen molar-refractivity contribution in [1.82, 2.24) is 10.3 Å². The number of aromatic nitrogens is 1. The SMILES string of the molecule is CCNC(c1cnccc1C)c1c(C)cccc1C. The minimum Gasteiger partial charge on any atom is -0.306 e. The van der Waals surface area contributed by atoms with Crippen molar-refractivity contribution in [3.05, 3.63) is 64.5 Å². The highest BCUT2D eigenvalue weighted by Gasteiger charge is 2.18. The molecule has 2 aromatic rings. The van der Waals surface area contributed by atoms with Gasteiger partial charge < -0.3 is 5.32 Å². The number of nitrogens with zero attached hydrogens (tertiary/aromatic N) is 1. The molecule has 19 heavy (non-hydrogen) atoms. The molecule has 1 atom stereocenters. The van der Waals surface area contributed by atoms with Crippen LogP contribution in [0.3, 0.4) is 0 Å². The molecule has 0 spiro atoms. The summed E-state index contributed by atoms with van der Waals surface area (Å²) in [7, 11) is 0. The van der Waals surface area contributed by atoms with Gasteiger partial charge in [-0.3, -0.25) is 4.98 Å². The highest BCUT2D eigenvalue weighted by molar-refractivity contribution is 5.43. The monoisotopic (exact) mass is 254 g/mol. The van der Waals surface area contributed by atoms with Gasteiger partial charge in [0, 0.05) is 12.4 Å². The van der Waals surface area contributed by atoms with Gasteiger partial charge in [0.25, 0.3) is 0 Å². The summed E-state index contributed by atoms with van der Waals surface area (Å²) in [6.07, 6.45) is 3.83. The third-order valence-corrected chi connectivity index (χ3v) is 3.63. The van der Waals surface area contributed by atoms with Gasteiger partial charge in [-0.25, -0.2) is 0 Å². The Balaban J connectivity index is 2.55. The average molecular weight is 254 g/mol. The molecule has 2 rings (SSSR count). The first kappa shape index (κ1) is 13.8. The number of pyridine rings is 1. The summed E-state index contributed by atoms with van der Waals surface area (Å²) >= 11 is 0. The minimum absolute atomic E-state index is 0.222. The Labute approximate surface area is 115 Å². The van der Waals surface area contributed by atoms with Gasteiger partial charge in [-0.15, -0.1) is 0 Å². The fraction of sp³-hybridized carbons (Fsp3) is 0.353. The lowest BCUT2D eigenvalue weighted by Gasteiger charge is -2.24. The summed E-state index contributed by atoms with van der Waals surface area (Å²) in [5.74, 6) is 0. The van der Waals surface area contributed by atoms with Gasteiger partial charge in [-0.05, 0) is 61.2 Å². The summed E-state index contributed by atoms with van der Waals surface area (Å²) in [6, 6.07) is 8.78. The Morgan fingerprint density at radius 1 is 1.05 bits per heavy atom. The largest absolute Gasteiger partial charge is 0.306 e. The molecule has 2 nitrogen and oxygen atoms in total. The number of hydrogen-bond acceptors (Lipinski definition) is 2. The standard InChI is InChI=1S/C17H22N2/c1-5-19-17(15-11-18-10-9-12(15)2)16-13(3)7-6-8-14(16)4/h6-11,17,19H,5H2,1-4H3. The lowest BCUT2D eigenvalue weighted by molar-refractivity contribution is 0.619. The van der Waals surface area contributed by atoms with Crippen molar-refractivity contribution in [2.75, 3.05) is 6.54 Å². The molecule has 0 amide bonds. The zero-order valence-electron chi connectivity index (χ0n) is 12.2. The molecule has 0 aliphatic carbocycles. The molecule has 2 heteroatoms. The Bertz CT molecular complexity index is 541. The van der Waals surface area contributed by atoms with Gasteiger partial charge in [-0.1, -0.05) is 25.1 Å². The zero-order chi connectivity index (χ0) is 13.8. The second-order valence-electron chi connectivity index (χ2n) is 5.03. The topological polar surface area (TPSA) is 24.9 Å². The molecule has 0 aliphatic heterocycles. The molecule has 1 unspecified atom stereocenters. The smallest absolute Gasteiger partial charge is 0.0599 e. The van der Waals surface area contributed by atoms with Crippen molar-refractivity contribution < 1.29 is 0 Å². The normalized spacial score (nSPS) is 12.4. The molecule has 0 aliphatic rings. The van der Waals surface area contributed by atoms with E-state index in [0.717, 1.165) is 6.54 Å². The molecular weight excluding hydrogens is 232 g/mol. The lowest BCUT2D eigenvalue weighted by atomic mass is 9.90. The van der Waals surface area contributed by atoms with Gasteiger partial charge in [-0.2, -0.15) is 0 Å². The van der Waals surface area contributed by atoms with E-state index in [1.807, 2.05) is 12.4 Å². The quantitative estimate of drug-likeness (QED) is 0.899. The van der Waals surface area contributed by atoms with Crippen LogP contribution in [0.1, 0.15) is 40.8 Å². The molecule has 1 heterocycles. The van der Waals surface area contributed by atoms with Gasteiger partial charge >= 0.3 is 0 Å². The van der Waals surface area contributed by atoms with Crippen LogP contribution in [0.4, 0.5) is 0 Å². The highest BCUT2D eigenvalue weighted by Crippen LogP contribution is 2.29. The predicted molar refractivity (Wildman–Crippen MR) is 80.4 cm³/mol. The van der Waals surface area contributed by atoms with E-state index in [2.05, 4.69) is 62.3 Å². The second-order valence-corrected chi connectivity index (χ2v) is 5.03. The van der Waals surface area contributed by atoms with Crippen LogP contribution in [-0.4, -0.2) is 11.5 Å². The van der Waals surface area contributed by atoms with Crippen LogP contribution in [0.2, 0.25) is 0 Å². The molecule has 0 bridgehead atoms. The van der Waals surface area contributed by atoms with E-state index in [1.165, 1.54) is 27.8 Å². The zero-order valence-corrected chi connectivity index (χ0v) is 12.2. The molecule has 0 radical (unpaired) electrons. The Kier molecular flexibility index (Phi) is 4.33. The number of hydrogen-bond donors (Lipinski definition) is 1. The van der Waals surface area contributed by atoms with E-state index < -0.39 is 0 Å². The minimum atomic E-state index is 0.222. The van der Waals surface area contributed by atoms with E-state index in [4.69, 9.17) is 0 Å². The third kappa shape index (κ3) is 2.85. The maximum absolute atomic E-state index is 4.29. The summed E-state index contributed by atoms with van der Waals surface area (Å²) in [4.78, 5) is 4.29. The Morgan fingerprint density at radius 3 is 2.32 bits per heavy atom. The molecule has 1 aromatic heterocycles. The van der Waals surface area contributed by atoms with Crippen LogP contribution >= 0.6 is 0 Å². The van der Waals surface area contributed by atoms with Crippen molar-refractivity contribution in [3.8, 4) is 0 Å². The number of aryl methyl sites for hydroxylation is 3. The fourth-order valence-corrected chi connectivity index (χ4v) is 2.63. The summed E-state index contributed by atoms with van der Waals surface area (Å²) < 4.78 is 0. The van der Waals surface area contributed by atoms with Crippen LogP contribution in [0.25, 0.3) is 0 Å². The Hall–Kier alpha value is -1.67. The van der Waals surface area contributed by atoms with Gasteiger partial charge in [0.15, 0.2) is 0 Å². The van der Waals surface area contributed by atoms with Crippen LogP contribution in [-0.2, 0) is 0 Å². The van der Waals surface area contributed by atoms with Crippen molar-refractivity contribution in [1.29, 1.82) is 0 Å². The van der Waals surface area contributed by atoms with Crippen molar-refractivity contribution in [3.63, 3.8) is 0 Å². The van der Waals surface area contributed by atoms with E-state index >= 15 is 0 Å². The van der Waals surface area contributed by atoms with Crippen LogP contribution < -0.4 is 5.32 Å². The predicted octanol–water partition coefficient (Wildman–Crippen LogP) is 3.71. The van der Waals surface area contributed by atoms with Crippen molar-refractivity contribution in [2.24, 2.45) is 0 Å². The first-order valence-electron chi connectivity index (χ1n) is 6.85. The lowest BCUT2D eigenvalue weighted by Crippen LogP contribution is -2.24. The first-order chi connectivity index (χ1) is 9.15. The van der Waals surface area contributed by atoms with Gasteiger partial charge in [0.1, 0.15) is 0 Å². The molecule has 0 fully saturated rings. The third-order valence-electron chi connectivity index (χ3n) is 3.63. The van der Waals surface area contributed by atoms with E-state index in [-0.39, 0.29) is 6.04 Å². The molecule has 0 saturated carbocycles. The second kappa shape index (κ2) is 5.98. The van der Waals surface area contributed by atoms with Crippen LogP contribution in [0.5, 0.6) is 0 Å². The summed E-state index contributed by atoms with van der Waals surface area (Å²) in [6.45, 7) is 9.59. The molecule has 0 saturated heterocycles. The van der Waals surface area contributed by atoms with Crippen molar-refractivity contribution >= 4 is 0 Å². The Morgan fingerprint density at radius 2 is 1.74 bits per heavy atom. The average Bonchev–Trinajstić information content (AvgIpc) is 2.38. The van der Waals surface area contributed by atoms with Gasteiger partial charge in [0.2, 0.25) is 0 Å².